The van der Waals surface area contributed by atoms with Gasteiger partial charge in [0.05, 0.1) is 18.3 Å². The van der Waals surface area contributed by atoms with Gasteiger partial charge in [0.15, 0.2) is 5.82 Å². The topological polar surface area (TPSA) is 102 Å². The Hall–Kier alpha value is -3.53. The largest absolute Gasteiger partial charge is 0.494 e. The molecule has 1 atom stereocenters. The first-order chi connectivity index (χ1) is 17.9. The standard InChI is InChI=1S/C27H31N5O4S/c1-30-23-20(29-24(30)21-12-17-8-10-37-26(17)32(21)14-16-5-3-6-16)11-18(13-22(23)36-2)25(33)31-9-4-7-19(15-31)28-27(34)35/h8,10-13,16,19,28H,3-7,9,14-15H2,1-2H3,(H,34,35). The van der Waals surface area contributed by atoms with Crippen molar-refractivity contribution in [2.45, 2.75) is 44.7 Å². The van der Waals surface area contributed by atoms with Crippen molar-refractivity contribution in [3.05, 3.63) is 35.2 Å². The second kappa shape index (κ2) is 9.41. The highest BCUT2D eigenvalue weighted by atomic mass is 32.1. The van der Waals surface area contributed by atoms with Gasteiger partial charge in [0.2, 0.25) is 0 Å². The monoisotopic (exact) mass is 521 g/mol. The Morgan fingerprint density at radius 2 is 2.05 bits per heavy atom. The predicted molar refractivity (Wildman–Crippen MR) is 144 cm³/mol. The Morgan fingerprint density at radius 3 is 2.78 bits per heavy atom. The number of hydrogen-bond acceptors (Lipinski definition) is 5. The van der Waals surface area contributed by atoms with Crippen LogP contribution >= 0.6 is 11.3 Å². The van der Waals surface area contributed by atoms with Gasteiger partial charge in [-0.05, 0) is 61.2 Å². The Bertz CT molecular complexity index is 1500. The average molecular weight is 522 g/mol. The van der Waals surface area contributed by atoms with E-state index in [1.807, 2.05) is 13.1 Å². The van der Waals surface area contributed by atoms with E-state index in [4.69, 9.17) is 14.8 Å². The van der Waals surface area contributed by atoms with E-state index in [2.05, 4.69) is 32.0 Å². The van der Waals surface area contributed by atoms with Crippen LogP contribution in [0.15, 0.2) is 29.6 Å². The van der Waals surface area contributed by atoms with E-state index < -0.39 is 6.09 Å². The van der Waals surface area contributed by atoms with Crippen molar-refractivity contribution < 1.29 is 19.4 Å². The number of benzene rings is 1. The molecule has 10 heteroatoms. The predicted octanol–water partition coefficient (Wildman–Crippen LogP) is 4.94. The van der Waals surface area contributed by atoms with Crippen LogP contribution in [0, 0.1) is 5.92 Å². The van der Waals surface area contributed by atoms with Crippen molar-refractivity contribution in [3.63, 3.8) is 0 Å². The average Bonchev–Trinajstić information content (AvgIpc) is 3.53. The summed E-state index contributed by atoms with van der Waals surface area (Å²) in [6.45, 7) is 1.93. The molecule has 4 heterocycles. The zero-order valence-electron chi connectivity index (χ0n) is 21.1. The zero-order chi connectivity index (χ0) is 25.7. The summed E-state index contributed by atoms with van der Waals surface area (Å²) in [7, 11) is 3.61. The second-order valence-electron chi connectivity index (χ2n) is 10.2. The molecule has 37 heavy (non-hydrogen) atoms. The Balaban J connectivity index is 1.38. The number of hydrogen-bond donors (Lipinski definition) is 2. The normalized spacial score (nSPS) is 18.3. The molecule has 1 aromatic carbocycles. The van der Waals surface area contributed by atoms with Crippen molar-refractivity contribution in [2.75, 3.05) is 20.2 Å². The zero-order valence-corrected chi connectivity index (χ0v) is 21.9. The second-order valence-corrected chi connectivity index (χ2v) is 11.1. The molecule has 6 rings (SSSR count). The highest BCUT2D eigenvalue weighted by Crippen LogP contribution is 2.38. The lowest BCUT2D eigenvalue weighted by Gasteiger charge is -2.32. The molecular weight excluding hydrogens is 490 g/mol. The summed E-state index contributed by atoms with van der Waals surface area (Å²) in [6.07, 6.45) is 4.25. The van der Waals surface area contributed by atoms with Gasteiger partial charge in [0.25, 0.3) is 5.91 Å². The number of amides is 2. The molecule has 9 nitrogen and oxygen atoms in total. The fourth-order valence-corrected chi connectivity index (χ4v) is 6.64. The van der Waals surface area contributed by atoms with Gasteiger partial charge >= 0.3 is 6.09 Å². The maximum absolute atomic E-state index is 13.5. The minimum Gasteiger partial charge on any atom is -0.494 e. The van der Waals surface area contributed by atoms with Crippen molar-refractivity contribution in [2.24, 2.45) is 13.0 Å². The van der Waals surface area contributed by atoms with Crippen molar-refractivity contribution >= 4 is 44.6 Å². The number of methoxy groups -OCH3 is 1. The lowest BCUT2D eigenvalue weighted by molar-refractivity contribution is 0.0692. The Morgan fingerprint density at radius 1 is 1.22 bits per heavy atom. The van der Waals surface area contributed by atoms with Crippen molar-refractivity contribution in [1.82, 2.24) is 24.3 Å². The van der Waals surface area contributed by atoms with Crippen LogP contribution in [0.3, 0.4) is 0 Å². The van der Waals surface area contributed by atoms with Crippen LogP contribution in [0.2, 0.25) is 0 Å². The summed E-state index contributed by atoms with van der Waals surface area (Å²) in [5, 5.41) is 15.0. The molecule has 1 saturated carbocycles. The third-order valence-electron chi connectivity index (χ3n) is 7.83. The van der Waals surface area contributed by atoms with E-state index >= 15 is 0 Å². The van der Waals surface area contributed by atoms with E-state index in [1.165, 1.54) is 29.5 Å². The molecule has 1 unspecified atom stereocenters. The number of likely N-dealkylation sites (tertiary alicyclic amines) is 1. The van der Waals surface area contributed by atoms with E-state index in [0.29, 0.717) is 35.8 Å². The van der Waals surface area contributed by atoms with Gasteiger partial charge < -0.3 is 29.2 Å². The van der Waals surface area contributed by atoms with E-state index in [9.17, 15) is 9.59 Å². The third-order valence-corrected chi connectivity index (χ3v) is 8.79. The number of nitrogens with one attached hydrogen (secondary N) is 1. The SMILES string of the molecule is COc1cc(C(=O)N2CCCC(NC(=O)O)C2)cc2nc(-c3cc4ccsc4n3CC3CCC3)n(C)c12. The van der Waals surface area contributed by atoms with E-state index in [-0.39, 0.29) is 11.9 Å². The van der Waals surface area contributed by atoms with E-state index in [0.717, 1.165) is 36.4 Å². The first kappa shape index (κ1) is 23.8. The molecule has 2 aliphatic rings. The van der Waals surface area contributed by atoms with Crippen LogP contribution < -0.4 is 10.1 Å². The van der Waals surface area contributed by atoms with Crippen LogP contribution in [0.1, 0.15) is 42.5 Å². The smallest absolute Gasteiger partial charge is 0.404 e. The van der Waals surface area contributed by atoms with Crippen LogP contribution in [0.4, 0.5) is 4.79 Å². The number of aromatic nitrogens is 3. The maximum atomic E-state index is 13.5. The van der Waals surface area contributed by atoms with Crippen LogP contribution in [0.25, 0.3) is 32.8 Å². The summed E-state index contributed by atoms with van der Waals surface area (Å²) >= 11 is 1.76. The number of imidazole rings is 1. The van der Waals surface area contributed by atoms with Crippen LogP contribution in [-0.2, 0) is 13.6 Å². The summed E-state index contributed by atoms with van der Waals surface area (Å²) in [5.41, 5.74) is 3.13. The third kappa shape index (κ3) is 4.22. The first-order valence-electron chi connectivity index (χ1n) is 12.8. The molecule has 3 aromatic heterocycles. The summed E-state index contributed by atoms with van der Waals surface area (Å²) in [6, 6.07) is 7.72. The lowest BCUT2D eigenvalue weighted by atomic mass is 9.85. The number of aryl methyl sites for hydroxylation is 1. The molecule has 1 aliphatic carbocycles. The molecule has 4 aromatic rings. The molecular formula is C27H31N5O4S. The van der Waals surface area contributed by atoms with Gasteiger partial charge in [-0.3, -0.25) is 4.79 Å². The highest BCUT2D eigenvalue weighted by Gasteiger charge is 2.28. The molecule has 1 saturated heterocycles. The first-order valence-corrected chi connectivity index (χ1v) is 13.7. The lowest BCUT2D eigenvalue weighted by Crippen LogP contribution is -2.49. The number of nitrogens with zero attached hydrogens (tertiary/aromatic N) is 4. The van der Waals surface area contributed by atoms with Gasteiger partial charge in [-0.1, -0.05) is 6.42 Å². The molecule has 2 fully saturated rings. The number of fused-ring (bicyclic) bond motifs is 2. The number of thiophene rings is 1. The molecule has 0 bridgehead atoms. The molecule has 1 aliphatic heterocycles. The molecule has 0 radical (unpaired) electrons. The summed E-state index contributed by atoms with van der Waals surface area (Å²) in [5.74, 6) is 2.01. The number of carbonyl (C=O) groups is 2. The Kier molecular flexibility index (Phi) is 6.06. The van der Waals surface area contributed by atoms with Gasteiger partial charge in [0.1, 0.15) is 16.1 Å². The van der Waals surface area contributed by atoms with Crippen LogP contribution in [0.5, 0.6) is 5.75 Å². The van der Waals surface area contributed by atoms with Gasteiger partial charge in [-0.2, -0.15) is 0 Å². The minimum atomic E-state index is -1.06. The van der Waals surface area contributed by atoms with Gasteiger partial charge in [-0.15, -0.1) is 11.3 Å². The summed E-state index contributed by atoms with van der Waals surface area (Å²) < 4.78 is 10.2. The fraction of sp³-hybridized carbons (Fsp3) is 0.444. The summed E-state index contributed by atoms with van der Waals surface area (Å²) in [4.78, 5) is 32.6. The number of piperidine rings is 1. The number of rotatable bonds is 6. The molecule has 0 spiro atoms. The maximum Gasteiger partial charge on any atom is 0.404 e. The number of carbonyl (C=O) groups excluding carboxylic acids is 1. The number of carboxylic acid groups (broad SMARTS) is 1. The quantitative estimate of drug-likeness (QED) is 0.374. The minimum absolute atomic E-state index is 0.141. The fourth-order valence-electron chi connectivity index (χ4n) is 5.73. The molecule has 2 N–H and O–H groups in total. The van der Waals surface area contributed by atoms with Crippen LogP contribution in [-0.4, -0.2) is 62.4 Å². The molecule has 2 amide bonds. The van der Waals surface area contributed by atoms with Crippen molar-refractivity contribution in [3.8, 4) is 17.3 Å². The Labute approximate surface area is 218 Å². The van der Waals surface area contributed by atoms with Gasteiger partial charge in [-0.25, -0.2) is 9.78 Å². The van der Waals surface area contributed by atoms with Gasteiger partial charge in [0, 0.05) is 43.7 Å². The van der Waals surface area contributed by atoms with Crippen molar-refractivity contribution in [1.29, 1.82) is 0 Å². The molecule has 194 valence electrons. The number of ether oxygens (including phenoxy) is 1. The highest BCUT2D eigenvalue weighted by molar-refractivity contribution is 7.16. The van der Waals surface area contributed by atoms with E-state index in [1.54, 1.807) is 29.4 Å².